The van der Waals surface area contributed by atoms with Gasteiger partial charge in [0.05, 0.1) is 6.54 Å². The van der Waals surface area contributed by atoms with Crippen LogP contribution in [0.15, 0.2) is 47.7 Å². The number of fused-ring (bicyclic) bond motifs is 1. The zero-order valence-corrected chi connectivity index (χ0v) is 17.9. The Balaban J connectivity index is 0.00000261. The first-order valence-corrected chi connectivity index (χ1v) is 9.03. The molecule has 1 aliphatic rings. The van der Waals surface area contributed by atoms with Crippen molar-refractivity contribution in [3.05, 3.63) is 53.9 Å². The van der Waals surface area contributed by atoms with Crippen molar-refractivity contribution in [1.29, 1.82) is 0 Å². The summed E-state index contributed by atoms with van der Waals surface area (Å²) in [4.78, 5) is 18.6. The largest absolute Gasteiger partial charge is 0.356 e. The first kappa shape index (κ1) is 21.2. The Morgan fingerprint density at radius 2 is 2.04 bits per heavy atom. The fourth-order valence-electron chi connectivity index (χ4n) is 3.08. The van der Waals surface area contributed by atoms with Gasteiger partial charge in [-0.15, -0.1) is 24.0 Å². The lowest BCUT2D eigenvalue weighted by Crippen LogP contribution is -2.46. The number of hydrogen-bond donors (Lipinski definition) is 2. The fourth-order valence-corrected chi connectivity index (χ4v) is 3.08. The lowest BCUT2D eigenvalue weighted by molar-refractivity contribution is -0.130. The summed E-state index contributed by atoms with van der Waals surface area (Å²) in [5, 5.41) is 10.5. The molecule has 0 saturated heterocycles. The summed E-state index contributed by atoms with van der Waals surface area (Å²) >= 11 is 0. The molecule has 1 amide bonds. The quantitative estimate of drug-likeness (QED) is 0.284. The van der Waals surface area contributed by atoms with Gasteiger partial charge in [-0.3, -0.25) is 14.5 Å². The molecular weight excluding hydrogens is 455 g/mol. The molecule has 1 aromatic carbocycles. The molecule has 0 saturated carbocycles. The van der Waals surface area contributed by atoms with Crippen molar-refractivity contribution in [2.45, 2.75) is 25.9 Å². The van der Waals surface area contributed by atoms with Gasteiger partial charge in [-0.1, -0.05) is 24.3 Å². The number of nitrogens with zero attached hydrogens (tertiary/aromatic N) is 4. The summed E-state index contributed by atoms with van der Waals surface area (Å²) < 4.78 is 1.90. The minimum atomic E-state index is 0. The van der Waals surface area contributed by atoms with Crippen molar-refractivity contribution in [3.63, 3.8) is 0 Å². The van der Waals surface area contributed by atoms with Crippen molar-refractivity contribution in [3.8, 4) is 0 Å². The number of aliphatic imine (C=N–C) groups is 1. The SMILES string of the molecule is CN=C(NCCCn1cccn1)NCC(=O)N1CCc2ccccc2C1.I. The van der Waals surface area contributed by atoms with Crippen molar-refractivity contribution < 1.29 is 4.79 Å². The number of rotatable bonds is 6. The van der Waals surface area contributed by atoms with E-state index in [9.17, 15) is 4.79 Å². The molecule has 27 heavy (non-hydrogen) atoms. The van der Waals surface area contributed by atoms with Gasteiger partial charge in [0.25, 0.3) is 0 Å². The van der Waals surface area contributed by atoms with Crippen LogP contribution < -0.4 is 10.6 Å². The van der Waals surface area contributed by atoms with Crippen LogP contribution in [0.3, 0.4) is 0 Å². The highest BCUT2D eigenvalue weighted by atomic mass is 127. The molecule has 0 unspecified atom stereocenters. The molecule has 3 rings (SSSR count). The first-order chi connectivity index (χ1) is 12.8. The van der Waals surface area contributed by atoms with Crippen LogP contribution in [-0.4, -0.2) is 53.2 Å². The van der Waals surface area contributed by atoms with E-state index in [4.69, 9.17) is 0 Å². The molecule has 0 bridgehead atoms. The molecule has 0 radical (unpaired) electrons. The molecule has 1 aliphatic heterocycles. The van der Waals surface area contributed by atoms with Crippen LogP contribution in [0.2, 0.25) is 0 Å². The fraction of sp³-hybridized carbons (Fsp3) is 0.421. The van der Waals surface area contributed by atoms with E-state index in [2.05, 4.69) is 38.9 Å². The maximum Gasteiger partial charge on any atom is 0.242 e. The van der Waals surface area contributed by atoms with E-state index in [-0.39, 0.29) is 36.4 Å². The van der Waals surface area contributed by atoms with Gasteiger partial charge < -0.3 is 15.5 Å². The maximum absolute atomic E-state index is 12.5. The molecule has 1 aromatic heterocycles. The van der Waals surface area contributed by atoms with E-state index < -0.39 is 0 Å². The van der Waals surface area contributed by atoms with Gasteiger partial charge in [-0.25, -0.2) is 0 Å². The topological polar surface area (TPSA) is 74.5 Å². The number of nitrogens with one attached hydrogen (secondary N) is 2. The van der Waals surface area contributed by atoms with Crippen molar-refractivity contribution in [2.75, 3.05) is 26.7 Å². The lowest BCUT2D eigenvalue weighted by atomic mass is 10.00. The van der Waals surface area contributed by atoms with Crippen LogP contribution >= 0.6 is 24.0 Å². The van der Waals surface area contributed by atoms with Crippen LogP contribution in [0.1, 0.15) is 17.5 Å². The van der Waals surface area contributed by atoms with Crippen LogP contribution in [0.25, 0.3) is 0 Å². The van der Waals surface area contributed by atoms with E-state index in [1.165, 1.54) is 11.1 Å². The number of hydrogen-bond acceptors (Lipinski definition) is 3. The molecule has 0 fully saturated rings. The van der Waals surface area contributed by atoms with Crippen molar-refractivity contribution in [2.24, 2.45) is 4.99 Å². The van der Waals surface area contributed by atoms with Gasteiger partial charge in [0.1, 0.15) is 0 Å². The highest BCUT2D eigenvalue weighted by Gasteiger charge is 2.20. The average Bonchev–Trinajstić information content (AvgIpc) is 3.20. The minimum Gasteiger partial charge on any atom is -0.356 e. The summed E-state index contributed by atoms with van der Waals surface area (Å²) in [5.74, 6) is 0.746. The number of amides is 1. The van der Waals surface area contributed by atoms with Gasteiger partial charge in [0.2, 0.25) is 5.91 Å². The lowest BCUT2D eigenvalue weighted by Gasteiger charge is -2.29. The Kier molecular flexibility index (Phi) is 8.56. The highest BCUT2D eigenvalue weighted by molar-refractivity contribution is 14.0. The molecule has 7 nitrogen and oxygen atoms in total. The predicted molar refractivity (Wildman–Crippen MR) is 117 cm³/mol. The van der Waals surface area contributed by atoms with Gasteiger partial charge in [-0.05, 0) is 30.0 Å². The molecule has 0 atom stereocenters. The molecule has 2 N–H and O–H groups in total. The Hall–Kier alpha value is -2.10. The van der Waals surface area contributed by atoms with Gasteiger partial charge in [0.15, 0.2) is 5.96 Å². The summed E-state index contributed by atoms with van der Waals surface area (Å²) in [6.07, 6.45) is 5.57. The molecule has 2 heterocycles. The van der Waals surface area contributed by atoms with Crippen molar-refractivity contribution >= 4 is 35.8 Å². The number of carbonyl (C=O) groups excluding carboxylic acids is 1. The van der Waals surface area contributed by atoms with Crippen molar-refractivity contribution in [1.82, 2.24) is 25.3 Å². The van der Waals surface area contributed by atoms with Crippen LogP contribution in [0, 0.1) is 0 Å². The van der Waals surface area contributed by atoms with Gasteiger partial charge in [-0.2, -0.15) is 5.10 Å². The Morgan fingerprint density at radius 1 is 1.22 bits per heavy atom. The third-order valence-corrected chi connectivity index (χ3v) is 4.53. The number of guanidine groups is 1. The van der Waals surface area contributed by atoms with Gasteiger partial charge in [0, 0.05) is 45.6 Å². The van der Waals surface area contributed by atoms with E-state index in [0.717, 1.165) is 32.5 Å². The summed E-state index contributed by atoms with van der Waals surface area (Å²) in [6, 6.07) is 10.2. The number of carbonyl (C=O) groups is 1. The van der Waals surface area contributed by atoms with Crippen LogP contribution in [0.5, 0.6) is 0 Å². The normalized spacial score (nSPS) is 13.5. The van der Waals surface area contributed by atoms with E-state index >= 15 is 0 Å². The molecule has 146 valence electrons. The summed E-state index contributed by atoms with van der Waals surface area (Å²) in [7, 11) is 1.71. The molecular formula is C19H27IN6O. The Bertz CT molecular complexity index is 746. The third-order valence-electron chi connectivity index (χ3n) is 4.53. The number of benzene rings is 1. The second-order valence-electron chi connectivity index (χ2n) is 6.31. The number of halogens is 1. The van der Waals surface area contributed by atoms with E-state index in [1.807, 2.05) is 27.9 Å². The molecule has 2 aromatic rings. The molecule has 0 spiro atoms. The van der Waals surface area contributed by atoms with E-state index in [1.54, 1.807) is 13.2 Å². The second-order valence-corrected chi connectivity index (χ2v) is 6.31. The smallest absolute Gasteiger partial charge is 0.242 e. The summed E-state index contributed by atoms with van der Waals surface area (Å²) in [6.45, 7) is 3.33. The maximum atomic E-state index is 12.5. The number of aromatic nitrogens is 2. The zero-order chi connectivity index (χ0) is 18.2. The third kappa shape index (κ3) is 6.23. The summed E-state index contributed by atoms with van der Waals surface area (Å²) in [5.41, 5.74) is 2.59. The molecule has 0 aliphatic carbocycles. The average molecular weight is 482 g/mol. The second kappa shape index (κ2) is 10.9. The molecule has 8 heteroatoms. The Morgan fingerprint density at radius 3 is 2.78 bits per heavy atom. The predicted octanol–water partition coefficient (Wildman–Crippen LogP) is 1.64. The first-order valence-electron chi connectivity index (χ1n) is 9.03. The van der Waals surface area contributed by atoms with E-state index in [0.29, 0.717) is 12.5 Å². The minimum absolute atomic E-state index is 0. The highest BCUT2D eigenvalue weighted by Crippen LogP contribution is 2.18. The van der Waals surface area contributed by atoms with Gasteiger partial charge >= 0.3 is 0 Å². The van der Waals surface area contributed by atoms with Crippen LogP contribution in [-0.2, 0) is 24.3 Å². The Labute approximate surface area is 177 Å². The standard InChI is InChI=1S/C19H26N6O.HI/c1-20-19(21-9-4-11-25-12-5-10-23-25)22-14-18(26)24-13-8-16-6-2-3-7-17(16)15-24;/h2-3,5-7,10,12H,4,8-9,11,13-15H2,1H3,(H2,20,21,22);1H. The number of aryl methyl sites for hydroxylation is 1. The zero-order valence-electron chi connectivity index (χ0n) is 15.6. The monoisotopic (exact) mass is 482 g/mol. The van der Waals surface area contributed by atoms with Crippen LogP contribution in [0.4, 0.5) is 0 Å².